The topological polar surface area (TPSA) is 38.7 Å². The van der Waals surface area contributed by atoms with Crippen LogP contribution in [0.15, 0.2) is 10.5 Å². The van der Waals surface area contributed by atoms with E-state index >= 15 is 0 Å². The fraction of sp³-hybridized carbons (Fsp3) is 0.538. The van der Waals surface area contributed by atoms with Gasteiger partial charge in [0.05, 0.1) is 25.3 Å². The SMILES string of the molecule is COc1cc(C(C)(C)CO)c(OC)c(Br)c1C. The molecule has 1 aromatic carbocycles. The maximum absolute atomic E-state index is 9.48. The molecule has 1 N–H and O–H groups in total. The van der Waals surface area contributed by atoms with E-state index in [0.717, 1.165) is 27.1 Å². The van der Waals surface area contributed by atoms with Gasteiger partial charge >= 0.3 is 0 Å². The highest BCUT2D eigenvalue weighted by atomic mass is 79.9. The summed E-state index contributed by atoms with van der Waals surface area (Å²) in [6.45, 7) is 5.93. The Morgan fingerprint density at radius 2 is 1.88 bits per heavy atom. The Labute approximate surface area is 111 Å². The van der Waals surface area contributed by atoms with Gasteiger partial charge in [-0.3, -0.25) is 0 Å². The number of aliphatic hydroxyl groups is 1. The summed E-state index contributed by atoms with van der Waals surface area (Å²) in [7, 11) is 3.26. The molecule has 0 aliphatic carbocycles. The zero-order valence-corrected chi connectivity index (χ0v) is 12.5. The van der Waals surface area contributed by atoms with E-state index in [1.165, 1.54) is 0 Å². The van der Waals surface area contributed by atoms with E-state index in [-0.39, 0.29) is 12.0 Å². The van der Waals surface area contributed by atoms with E-state index in [4.69, 9.17) is 9.47 Å². The van der Waals surface area contributed by atoms with Crippen LogP contribution >= 0.6 is 15.9 Å². The Bertz CT molecular complexity index is 414. The number of rotatable bonds is 4. The van der Waals surface area contributed by atoms with Crippen molar-refractivity contribution in [1.29, 1.82) is 0 Å². The van der Waals surface area contributed by atoms with Gasteiger partial charge in [0.25, 0.3) is 0 Å². The van der Waals surface area contributed by atoms with Gasteiger partial charge in [0.2, 0.25) is 0 Å². The molecule has 96 valence electrons. The van der Waals surface area contributed by atoms with Crippen LogP contribution in [0.2, 0.25) is 0 Å². The van der Waals surface area contributed by atoms with Crippen molar-refractivity contribution in [3.8, 4) is 11.5 Å². The summed E-state index contributed by atoms with van der Waals surface area (Å²) >= 11 is 3.52. The van der Waals surface area contributed by atoms with Gasteiger partial charge < -0.3 is 14.6 Å². The van der Waals surface area contributed by atoms with E-state index < -0.39 is 0 Å². The smallest absolute Gasteiger partial charge is 0.137 e. The van der Waals surface area contributed by atoms with Gasteiger partial charge in [-0.15, -0.1) is 0 Å². The largest absolute Gasteiger partial charge is 0.496 e. The molecule has 0 amide bonds. The van der Waals surface area contributed by atoms with Crippen molar-refractivity contribution >= 4 is 15.9 Å². The summed E-state index contributed by atoms with van der Waals surface area (Å²) < 4.78 is 11.6. The average molecular weight is 303 g/mol. The van der Waals surface area contributed by atoms with Gasteiger partial charge in [-0.05, 0) is 28.9 Å². The predicted molar refractivity (Wildman–Crippen MR) is 72.1 cm³/mol. The van der Waals surface area contributed by atoms with Crippen molar-refractivity contribution < 1.29 is 14.6 Å². The van der Waals surface area contributed by atoms with Crippen LogP contribution < -0.4 is 9.47 Å². The van der Waals surface area contributed by atoms with Crippen LogP contribution in [0.25, 0.3) is 0 Å². The molecule has 4 heteroatoms. The van der Waals surface area contributed by atoms with Crippen molar-refractivity contribution in [3.63, 3.8) is 0 Å². The van der Waals surface area contributed by atoms with E-state index in [0.29, 0.717) is 0 Å². The van der Waals surface area contributed by atoms with Crippen LogP contribution in [0.4, 0.5) is 0 Å². The second-order valence-electron chi connectivity index (χ2n) is 4.64. The summed E-state index contributed by atoms with van der Waals surface area (Å²) in [5, 5.41) is 9.48. The molecular formula is C13H19BrO3. The minimum atomic E-state index is -0.380. The Morgan fingerprint density at radius 1 is 1.29 bits per heavy atom. The lowest BCUT2D eigenvalue weighted by atomic mass is 9.84. The van der Waals surface area contributed by atoms with E-state index in [2.05, 4.69) is 15.9 Å². The molecule has 0 bridgehead atoms. The van der Waals surface area contributed by atoms with Crippen molar-refractivity contribution in [2.45, 2.75) is 26.2 Å². The Hall–Kier alpha value is -0.740. The third-order valence-electron chi connectivity index (χ3n) is 2.97. The van der Waals surface area contributed by atoms with E-state index in [1.54, 1.807) is 14.2 Å². The molecule has 0 spiro atoms. The number of benzene rings is 1. The summed E-state index contributed by atoms with van der Waals surface area (Å²) in [6, 6.07) is 1.93. The second kappa shape index (κ2) is 5.27. The molecule has 0 aliphatic heterocycles. The molecule has 1 aromatic rings. The van der Waals surface area contributed by atoms with Gasteiger partial charge in [0, 0.05) is 16.5 Å². The molecule has 0 heterocycles. The van der Waals surface area contributed by atoms with Crippen LogP contribution in [0.1, 0.15) is 25.0 Å². The first-order valence-corrected chi connectivity index (χ1v) is 6.20. The predicted octanol–water partition coefficient (Wildman–Crippen LogP) is 3.04. The molecule has 0 radical (unpaired) electrons. The monoisotopic (exact) mass is 302 g/mol. The van der Waals surface area contributed by atoms with Crippen LogP contribution in [0.3, 0.4) is 0 Å². The minimum absolute atomic E-state index is 0.0437. The van der Waals surface area contributed by atoms with Gasteiger partial charge in [0.15, 0.2) is 0 Å². The van der Waals surface area contributed by atoms with Crippen molar-refractivity contribution in [2.24, 2.45) is 0 Å². The van der Waals surface area contributed by atoms with Crippen molar-refractivity contribution in [3.05, 3.63) is 21.7 Å². The number of ether oxygens (including phenoxy) is 2. The Kier molecular flexibility index (Phi) is 4.44. The first-order valence-electron chi connectivity index (χ1n) is 5.41. The molecule has 17 heavy (non-hydrogen) atoms. The lowest BCUT2D eigenvalue weighted by molar-refractivity contribution is 0.214. The molecule has 0 aliphatic rings. The highest BCUT2D eigenvalue weighted by Gasteiger charge is 2.27. The zero-order valence-electron chi connectivity index (χ0n) is 10.9. The number of hydrogen-bond donors (Lipinski definition) is 1. The Morgan fingerprint density at radius 3 is 2.29 bits per heavy atom. The zero-order chi connectivity index (χ0) is 13.2. The van der Waals surface area contributed by atoms with E-state index in [1.807, 2.05) is 26.8 Å². The normalized spacial score (nSPS) is 11.5. The molecule has 3 nitrogen and oxygen atoms in total. The van der Waals surface area contributed by atoms with Gasteiger partial charge in [0.1, 0.15) is 11.5 Å². The molecule has 0 saturated carbocycles. The Balaban J connectivity index is 3.53. The number of hydrogen-bond acceptors (Lipinski definition) is 3. The molecule has 1 rings (SSSR count). The number of methoxy groups -OCH3 is 2. The minimum Gasteiger partial charge on any atom is -0.496 e. The fourth-order valence-corrected chi connectivity index (χ4v) is 2.27. The van der Waals surface area contributed by atoms with Crippen LogP contribution in [-0.4, -0.2) is 25.9 Å². The van der Waals surface area contributed by atoms with Crippen molar-refractivity contribution in [1.82, 2.24) is 0 Å². The molecule has 0 atom stereocenters. The highest BCUT2D eigenvalue weighted by Crippen LogP contribution is 2.42. The van der Waals surface area contributed by atoms with Crippen LogP contribution in [0.5, 0.6) is 11.5 Å². The molecule has 0 aromatic heterocycles. The third kappa shape index (κ3) is 2.58. The molecular weight excluding hydrogens is 284 g/mol. The first kappa shape index (κ1) is 14.3. The molecule has 0 unspecified atom stereocenters. The van der Waals surface area contributed by atoms with Gasteiger partial charge in [-0.1, -0.05) is 13.8 Å². The summed E-state index contributed by atoms with van der Waals surface area (Å²) in [5.74, 6) is 1.54. The lowest BCUT2D eigenvalue weighted by Gasteiger charge is -2.27. The van der Waals surface area contributed by atoms with Crippen LogP contribution in [0, 0.1) is 6.92 Å². The molecule has 0 fully saturated rings. The standard InChI is InChI=1S/C13H19BrO3/c1-8-10(16-4)6-9(13(2,3)7-15)12(17-5)11(8)14/h6,15H,7H2,1-5H3. The summed E-state index contributed by atoms with van der Waals surface area (Å²) in [5.41, 5.74) is 1.54. The number of halogens is 1. The van der Waals surface area contributed by atoms with Gasteiger partial charge in [-0.2, -0.15) is 0 Å². The van der Waals surface area contributed by atoms with Gasteiger partial charge in [-0.25, -0.2) is 0 Å². The summed E-state index contributed by atoms with van der Waals surface area (Å²) in [4.78, 5) is 0. The lowest BCUT2D eigenvalue weighted by Crippen LogP contribution is -2.23. The maximum atomic E-state index is 9.48. The maximum Gasteiger partial charge on any atom is 0.137 e. The summed E-state index contributed by atoms with van der Waals surface area (Å²) in [6.07, 6.45) is 0. The third-order valence-corrected chi connectivity index (χ3v) is 3.92. The van der Waals surface area contributed by atoms with Crippen molar-refractivity contribution in [2.75, 3.05) is 20.8 Å². The quantitative estimate of drug-likeness (QED) is 0.929. The fourth-order valence-electron chi connectivity index (χ4n) is 1.70. The highest BCUT2D eigenvalue weighted by molar-refractivity contribution is 9.10. The number of aliphatic hydroxyl groups excluding tert-OH is 1. The molecule has 0 saturated heterocycles. The second-order valence-corrected chi connectivity index (χ2v) is 5.43. The van der Waals surface area contributed by atoms with E-state index in [9.17, 15) is 5.11 Å². The average Bonchev–Trinajstić information content (AvgIpc) is 2.32. The van der Waals surface area contributed by atoms with Crippen LogP contribution in [-0.2, 0) is 5.41 Å². The first-order chi connectivity index (χ1) is 7.88.